The van der Waals surface area contributed by atoms with Gasteiger partial charge in [0.15, 0.2) is 11.6 Å². The summed E-state index contributed by atoms with van der Waals surface area (Å²) in [6.45, 7) is 1.96. The maximum Gasteiger partial charge on any atom is 0.317 e. The number of aldehydes is 1. The van der Waals surface area contributed by atoms with Gasteiger partial charge in [0.25, 0.3) is 0 Å². The van der Waals surface area contributed by atoms with Gasteiger partial charge in [-0.3, -0.25) is 4.72 Å². The van der Waals surface area contributed by atoms with Gasteiger partial charge in [-0.05, 0) is 49.3 Å². The van der Waals surface area contributed by atoms with Crippen molar-refractivity contribution in [2.45, 2.75) is 38.6 Å². The SMILES string of the molecule is CNC(=O)N(CC=O)CCCCCSNCc1ccc(F)c(OCC2CC2)c1. The first kappa shape index (κ1) is 22.5. The Labute approximate surface area is 170 Å². The molecule has 8 heteroatoms. The molecule has 0 spiro atoms. The number of urea groups is 1. The molecule has 156 valence electrons. The molecule has 0 aromatic heterocycles. The maximum absolute atomic E-state index is 13.8. The number of halogens is 1. The van der Waals surface area contributed by atoms with Crippen LogP contribution in [0.15, 0.2) is 18.2 Å². The molecule has 28 heavy (non-hydrogen) atoms. The molecule has 1 saturated carbocycles. The molecule has 1 fully saturated rings. The van der Waals surface area contributed by atoms with E-state index in [0.29, 0.717) is 31.4 Å². The average molecular weight is 412 g/mol. The fourth-order valence-electron chi connectivity index (χ4n) is 2.64. The Morgan fingerprint density at radius 3 is 2.89 bits per heavy atom. The number of rotatable bonds is 14. The van der Waals surface area contributed by atoms with Crippen molar-refractivity contribution < 1.29 is 18.7 Å². The molecular weight excluding hydrogens is 381 g/mol. The number of ether oxygens (including phenoxy) is 1. The lowest BCUT2D eigenvalue weighted by Gasteiger charge is -2.19. The van der Waals surface area contributed by atoms with Gasteiger partial charge in [0.05, 0.1) is 13.2 Å². The van der Waals surface area contributed by atoms with E-state index in [-0.39, 0.29) is 18.4 Å². The zero-order valence-corrected chi connectivity index (χ0v) is 17.2. The summed E-state index contributed by atoms with van der Waals surface area (Å²) in [7, 11) is 1.56. The molecule has 0 bridgehead atoms. The van der Waals surface area contributed by atoms with Crippen molar-refractivity contribution in [3.8, 4) is 5.75 Å². The van der Waals surface area contributed by atoms with Crippen molar-refractivity contribution in [3.05, 3.63) is 29.6 Å². The van der Waals surface area contributed by atoms with Gasteiger partial charge in [-0.1, -0.05) is 24.4 Å². The summed E-state index contributed by atoms with van der Waals surface area (Å²) in [5.41, 5.74) is 0.995. The fourth-order valence-corrected chi connectivity index (χ4v) is 3.41. The number of hydrogen-bond donors (Lipinski definition) is 2. The second-order valence-electron chi connectivity index (χ2n) is 6.92. The van der Waals surface area contributed by atoms with Crippen molar-refractivity contribution in [2.75, 3.05) is 32.5 Å². The van der Waals surface area contributed by atoms with Crippen LogP contribution in [0.5, 0.6) is 5.75 Å². The number of carbonyl (C=O) groups is 2. The van der Waals surface area contributed by atoms with Crippen LogP contribution < -0.4 is 14.8 Å². The molecule has 6 nitrogen and oxygen atoms in total. The lowest BCUT2D eigenvalue weighted by Crippen LogP contribution is -2.39. The van der Waals surface area contributed by atoms with Gasteiger partial charge in [0, 0.05) is 25.9 Å². The Morgan fingerprint density at radius 2 is 2.18 bits per heavy atom. The van der Waals surface area contributed by atoms with E-state index in [1.807, 2.05) is 0 Å². The summed E-state index contributed by atoms with van der Waals surface area (Å²) in [5, 5.41) is 2.54. The molecule has 1 aromatic rings. The number of carbonyl (C=O) groups excluding carboxylic acids is 2. The monoisotopic (exact) mass is 411 g/mol. The summed E-state index contributed by atoms with van der Waals surface area (Å²) < 4.78 is 22.6. The minimum Gasteiger partial charge on any atom is -0.490 e. The van der Waals surface area contributed by atoms with E-state index in [0.717, 1.165) is 36.9 Å². The Hall–Kier alpha value is -1.80. The second-order valence-corrected chi connectivity index (χ2v) is 7.90. The van der Waals surface area contributed by atoms with Crippen LogP contribution >= 0.6 is 11.9 Å². The van der Waals surface area contributed by atoms with Gasteiger partial charge in [-0.2, -0.15) is 0 Å². The van der Waals surface area contributed by atoms with Crippen LogP contribution in [0.25, 0.3) is 0 Å². The first-order valence-electron chi connectivity index (χ1n) is 9.80. The Balaban J connectivity index is 1.55. The van der Waals surface area contributed by atoms with Crippen LogP contribution in [0.4, 0.5) is 9.18 Å². The standard InChI is InChI=1S/C20H30FN3O3S/c1-22-20(26)24(10-11-25)9-3-2-4-12-28-23-14-17-7-8-18(21)19(13-17)27-15-16-5-6-16/h7-8,11,13,16,23H,2-6,9-10,12,14-15H2,1H3,(H,22,26). The third kappa shape index (κ3) is 8.48. The van der Waals surface area contributed by atoms with Gasteiger partial charge >= 0.3 is 6.03 Å². The molecule has 1 aromatic carbocycles. The van der Waals surface area contributed by atoms with Crippen molar-refractivity contribution in [3.63, 3.8) is 0 Å². The van der Waals surface area contributed by atoms with E-state index in [1.54, 1.807) is 31.1 Å². The molecular formula is C20H30FN3O3S. The molecule has 0 unspecified atom stereocenters. The van der Waals surface area contributed by atoms with Crippen LogP contribution in [-0.4, -0.2) is 49.7 Å². The van der Waals surface area contributed by atoms with Gasteiger partial charge in [0.1, 0.15) is 6.29 Å². The van der Waals surface area contributed by atoms with Gasteiger partial charge in [-0.25, -0.2) is 9.18 Å². The minimum atomic E-state index is -0.308. The molecule has 0 heterocycles. The number of unbranched alkanes of at least 4 members (excludes halogenated alkanes) is 2. The fraction of sp³-hybridized carbons (Fsp3) is 0.600. The first-order valence-corrected chi connectivity index (χ1v) is 10.8. The second kappa shape index (κ2) is 12.6. The molecule has 2 N–H and O–H groups in total. The number of amides is 2. The molecule has 1 aliphatic rings. The Kier molecular flexibility index (Phi) is 10.1. The highest BCUT2D eigenvalue weighted by molar-refractivity contribution is 7.97. The quantitative estimate of drug-likeness (QED) is 0.279. The van der Waals surface area contributed by atoms with E-state index in [4.69, 9.17) is 4.74 Å². The summed E-state index contributed by atoms with van der Waals surface area (Å²) >= 11 is 1.63. The molecule has 2 rings (SSSR count). The van der Waals surface area contributed by atoms with E-state index in [9.17, 15) is 14.0 Å². The van der Waals surface area contributed by atoms with Crippen LogP contribution in [0.2, 0.25) is 0 Å². The van der Waals surface area contributed by atoms with Crippen LogP contribution in [0.1, 0.15) is 37.7 Å². The minimum absolute atomic E-state index is 0.125. The predicted octanol–water partition coefficient (Wildman–Crippen LogP) is 3.36. The largest absolute Gasteiger partial charge is 0.490 e. The highest BCUT2D eigenvalue weighted by Crippen LogP contribution is 2.30. The molecule has 1 aliphatic carbocycles. The van der Waals surface area contributed by atoms with Crippen molar-refractivity contribution in [2.24, 2.45) is 5.92 Å². The zero-order valence-electron chi connectivity index (χ0n) is 16.4. The van der Waals surface area contributed by atoms with E-state index in [1.165, 1.54) is 23.8 Å². The summed E-state index contributed by atoms with van der Waals surface area (Å²) in [6.07, 6.45) is 5.96. The first-order chi connectivity index (χ1) is 13.6. The molecule has 2 amide bonds. The normalized spacial score (nSPS) is 13.2. The summed E-state index contributed by atoms with van der Waals surface area (Å²) in [5.74, 6) is 1.57. The molecule has 0 aliphatic heterocycles. The molecule has 0 radical (unpaired) electrons. The number of nitrogens with one attached hydrogen (secondary N) is 2. The average Bonchev–Trinajstić information content (AvgIpc) is 3.53. The summed E-state index contributed by atoms with van der Waals surface area (Å²) in [4.78, 5) is 23.7. The lowest BCUT2D eigenvalue weighted by atomic mass is 10.2. The van der Waals surface area contributed by atoms with E-state index >= 15 is 0 Å². The summed E-state index contributed by atoms with van der Waals surface area (Å²) in [6, 6.07) is 4.78. The molecule has 0 atom stereocenters. The number of nitrogens with zero attached hydrogens (tertiary/aromatic N) is 1. The zero-order chi connectivity index (χ0) is 20.2. The number of hydrogen-bond acceptors (Lipinski definition) is 5. The Morgan fingerprint density at radius 1 is 1.36 bits per heavy atom. The van der Waals surface area contributed by atoms with Crippen LogP contribution in [0, 0.1) is 11.7 Å². The topological polar surface area (TPSA) is 70.7 Å². The highest BCUT2D eigenvalue weighted by atomic mass is 32.2. The van der Waals surface area contributed by atoms with Gasteiger partial charge < -0.3 is 19.7 Å². The van der Waals surface area contributed by atoms with Gasteiger partial charge in [-0.15, -0.1) is 0 Å². The smallest absolute Gasteiger partial charge is 0.317 e. The number of benzene rings is 1. The van der Waals surface area contributed by atoms with E-state index in [2.05, 4.69) is 10.0 Å². The molecule has 0 saturated heterocycles. The van der Waals surface area contributed by atoms with Gasteiger partial charge in [0.2, 0.25) is 0 Å². The highest BCUT2D eigenvalue weighted by Gasteiger charge is 2.22. The van der Waals surface area contributed by atoms with E-state index < -0.39 is 0 Å². The maximum atomic E-state index is 13.8. The predicted molar refractivity (Wildman–Crippen MR) is 110 cm³/mol. The van der Waals surface area contributed by atoms with Crippen molar-refractivity contribution in [1.29, 1.82) is 0 Å². The van der Waals surface area contributed by atoms with Crippen LogP contribution in [0.3, 0.4) is 0 Å². The Bertz CT molecular complexity index is 629. The van der Waals surface area contributed by atoms with Crippen LogP contribution in [-0.2, 0) is 11.3 Å². The lowest BCUT2D eigenvalue weighted by molar-refractivity contribution is -0.108. The third-order valence-electron chi connectivity index (χ3n) is 4.52. The van der Waals surface area contributed by atoms with Crippen molar-refractivity contribution in [1.82, 2.24) is 14.9 Å². The third-order valence-corrected chi connectivity index (χ3v) is 5.36. The van der Waals surface area contributed by atoms with Crippen molar-refractivity contribution >= 4 is 24.3 Å².